The molecule has 4 heteroatoms. The Hall–Kier alpha value is -1.00. The molecule has 0 saturated heterocycles. The minimum Gasteiger partial charge on any atom is -0.398 e. The van der Waals surface area contributed by atoms with E-state index in [2.05, 4.69) is 10.3 Å². The maximum absolute atomic E-state index is 5.81. The van der Waals surface area contributed by atoms with E-state index in [4.69, 9.17) is 5.73 Å². The Morgan fingerprint density at radius 1 is 1.77 bits per heavy atom. The van der Waals surface area contributed by atoms with Crippen LogP contribution in [0.5, 0.6) is 0 Å². The highest BCUT2D eigenvalue weighted by Crippen LogP contribution is 2.11. The van der Waals surface area contributed by atoms with Crippen molar-refractivity contribution >= 4 is 17.5 Å². The van der Waals surface area contributed by atoms with Crippen LogP contribution >= 0.6 is 11.8 Å². The van der Waals surface area contributed by atoms with E-state index in [9.17, 15) is 0 Å². The molecular weight excluding hydrogens is 182 g/mol. The third-order valence-electron chi connectivity index (χ3n) is 1.43. The molecule has 1 rings (SSSR count). The molecular formula is C9H13N3S. The third kappa shape index (κ3) is 3.48. The standard InChI is InChI=1S/C9H13N3S/c1-11-7-13-6-9(10)8-3-2-4-12-5-8/h2-6,11H,7,10H2,1H3/b9-6-. The van der Waals surface area contributed by atoms with Crippen molar-refractivity contribution in [2.24, 2.45) is 5.73 Å². The fourth-order valence-electron chi connectivity index (χ4n) is 0.816. The predicted octanol–water partition coefficient (Wildman–Crippen LogP) is 1.25. The summed E-state index contributed by atoms with van der Waals surface area (Å²) in [4.78, 5) is 3.99. The highest BCUT2D eigenvalue weighted by atomic mass is 32.2. The summed E-state index contributed by atoms with van der Waals surface area (Å²) in [6, 6.07) is 3.82. The molecule has 0 bridgehead atoms. The van der Waals surface area contributed by atoms with Crippen molar-refractivity contribution in [1.82, 2.24) is 10.3 Å². The van der Waals surface area contributed by atoms with E-state index in [1.807, 2.05) is 24.6 Å². The normalized spacial score (nSPS) is 11.6. The van der Waals surface area contributed by atoms with Crippen molar-refractivity contribution < 1.29 is 0 Å². The zero-order chi connectivity index (χ0) is 9.52. The van der Waals surface area contributed by atoms with Gasteiger partial charge in [0, 0.05) is 29.5 Å². The number of pyridine rings is 1. The number of nitrogens with zero attached hydrogens (tertiary/aromatic N) is 1. The lowest BCUT2D eigenvalue weighted by Crippen LogP contribution is -2.03. The molecule has 3 N–H and O–H groups in total. The average Bonchev–Trinajstić information content (AvgIpc) is 2.19. The van der Waals surface area contributed by atoms with Gasteiger partial charge in [-0.15, -0.1) is 11.8 Å². The maximum atomic E-state index is 5.81. The van der Waals surface area contributed by atoms with E-state index >= 15 is 0 Å². The van der Waals surface area contributed by atoms with E-state index in [0.29, 0.717) is 0 Å². The highest BCUT2D eigenvalue weighted by Gasteiger charge is 1.93. The van der Waals surface area contributed by atoms with Crippen LogP contribution in [0.15, 0.2) is 29.9 Å². The maximum Gasteiger partial charge on any atom is 0.0467 e. The molecule has 1 aromatic rings. The Morgan fingerprint density at radius 3 is 3.23 bits per heavy atom. The Labute approximate surface area is 82.4 Å². The first-order chi connectivity index (χ1) is 6.34. The lowest BCUT2D eigenvalue weighted by Gasteiger charge is -1.99. The van der Waals surface area contributed by atoms with Crippen LogP contribution in [0.25, 0.3) is 5.70 Å². The van der Waals surface area contributed by atoms with Crippen molar-refractivity contribution in [2.75, 3.05) is 12.9 Å². The first kappa shape index (κ1) is 10.1. The smallest absolute Gasteiger partial charge is 0.0467 e. The van der Waals surface area contributed by atoms with Gasteiger partial charge in [0.25, 0.3) is 0 Å². The molecule has 1 aromatic heterocycles. The minimum atomic E-state index is 0.758. The fourth-order valence-corrected chi connectivity index (χ4v) is 1.38. The molecule has 0 aliphatic carbocycles. The molecule has 0 amide bonds. The number of thioether (sulfide) groups is 1. The van der Waals surface area contributed by atoms with Gasteiger partial charge in [0.1, 0.15) is 0 Å². The van der Waals surface area contributed by atoms with Crippen LogP contribution in [-0.4, -0.2) is 17.9 Å². The van der Waals surface area contributed by atoms with E-state index in [1.165, 1.54) is 0 Å². The number of aromatic nitrogens is 1. The number of hydrogen-bond donors (Lipinski definition) is 2. The Morgan fingerprint density at radius 2 is 2.62 bits per heavy atom. The molecule has 0 radical (unpaired) electrons. The van der Waals surface area contributed by atoms with Crippen LogP contribution < -0.4 is 11.1 Å². The van der Waals surface area contributed by atoms with Crippen LogP contribution in [0, 0.1) is 0 Å². The quantitative estimate of drug-likeness (QED) is 0.561. The molecule has 13 heavy (non-hydrogen) atoms. The van der Waals surface area contributed by atoms with Gasteiger partial charge in [0.05, 0.1) is 0 Å². The summed E-state index contributed by atoms with van der Waals surface area (Å²) in [5.41, 5.74) is 7.53. The Kier molecular flexibility index (Phi) is 4.35. The van der Waals surface area contributed by atoms with E-state index in [1.54, 1.807) is 24.2 Å². The van der Waals surface area contributed by atoms with Crippen LogP contribution in [0.4, 0.5) is 0 Å². The second kappa shape index (κ2) is 5.61. The molecule has 0 aromatic carbocycles. The van der Waals surface area contributed by atoms with Gasteiger partial charge in [-0.3, -0.25) is 4.98 Å². The van der Waals surface area contributed by atoms with Crippen molar-refractivity contribution in [3.05, 3.63) is 35.5 Å². The van der Waals surface area contributed by atoms with Crippen LogP contribution in [-0.2, 0) is 0 Å². The fraction of sp³-hybridized carbons (Fsp3) is 0.222. The molecule has 70 valence electrons. The average molecular weight is 195 g/mol. The molecule has 0 atom stereocenters. The molecule has 0 aliphatic heterocycles. The molecule has 0 saturated carbocycles. The van der Waals surface area contributed by atoms with Crippen LogP contribution in [0.2, 0.25) is 0 Å². The van der Waals surface area contributed by atoms with E-state index in [-0.39, 0.29) is 0 Å². The predicted molar refractivity (Wildman–Crippen MR) is 57.9 cm³/mol. The summed E-state index contributed by atoms with van der Waals surface area (Å²) < 4.78 is 0. The summed E-state index contributed by atoms with van der Waals surface area (Å²) >= 11 is 1.63. The molecule has 0 aliphatic rings. The zero-order valence-corrected chi connectivity index (χ0v) is 8.34. The summed E-state index contributed by atoms with van der Waals surface area (Å²) in [7, 11) is 1.90. The molecule has 0 fully saturated rings. The molecule has 1 heterocycles. The summed E-state index contributed by atoms with van der Waals surface area (Å²) in [6.07, 6.45) is 3.49. The largest absolute Gasteiger partial charge is 0.398 e. The van der Waals surface area contributed by atoms with Crippen molar-refractivity contribution in [3.8, 4) is 0 Å². The lowest BCUT2D eigenvalue weighted by atomic mass is 10.2. The van der Waals surface area contributed by atoms with Crippen LogP contribution in [0.1, 0.15) is 5.56 Å². The zero-order valence-electron chi connectivity index (χ0n) is 7.53. The van der Waals surface area contributed by atoms with Crippen LogP contribution in [0.3, 0.4) is 0 Å². The first-order valence-corrected chi connectivity index (χ1v) is 5.01. The number of rotatable bonds is 4. The van der Waals surface area contributed by atoms with E-state index < -0.39 is 0 Å². The van der Waals surface area contributed by atoms with Crippen molar-refractivity contribution in [2.45, 2.75) is 0 Å². The van der Waals surface area contributed by atoms with E-state index in [0.717, 1.165) is 17.1 Å². The first-order valence-electron chi connectivity index (χ1n) is 3.97. The van der Waals surface area contributed by atoms with Gasteiger partial charge in [-0.25, -0.2) is 0 Å². The number of hydrogen-bond acceptors (Lipinski definition) is 4. The van der Waals surface area contributed by atoms with Gasteiger partial charge in [-0.1, -0.05) is 0 Å². The van der Waals surface area contributed by atoms with Crippen molar-refractivity contribution in [1.29, 1.82) is 0 Å². The Bertz CT molecular complexity index is 271. The molecule has 0 unspecified atom stereocenters. The number of nitrogens with one attached hydrogen (secondary N) is 1. The monoisotopic (exact) mass is 195 g/mol. The number of nitrogens with two attached hydrogens (primary N) is 1. The second-order valence-corrected chi connectivity index (χ2v) is 3.34. The third-order valence-corrected chi connectivity index (χ3v) is 2.31. The molecule has 0 spiro atoms. The summed E-state index contributed by atoms with van der Waals surface area (Å²) in [6.45, 7) is 0. The van der Waals surface area contributed by atoms with Gasteiger partial charge < -0.3 is 11.1 Å². The summed E-state index contributed by atoms with van der Waals surface area (Å²) in [5, 5.41) is 4.95. The lowest BCUT2D eigenvalue weighted by molar-refractivity contribution is 0.985. The highest BCUT2D eigenvalue weighted by molar-refractivity contribution is 8.02. The van der Waals surface area contributed by atoms with Gasteiger partial charge >= 0.3 is 0 Å². The SMILES string of the molecule is CNCS/C=C(\N)c1cccnc1. The van der Waals surface area contributed by atoms with Gasteiger partial charge in [0.2, 0.25) is 0 Å². The van der Waals surface area contributed by atoms with Gasteiger partial charge in [0.15, 0.2) is 0 Å². The topological polar surface area (TPSA) is 50.9 Å². The second-order valence-electron chi connectivity index (χ2n) is 2.48. The van der Waals surface area contributed by atoms with Crippen molar-refractivity contribution in [3.63, 3.8) is 0 Å². The van der Waals surface area contributed by atoms with Gasteiger partial charge in [-0.05, 0) is 24.6 Å². The van der Waals surface area contributed by atoms with Gasteiger partial charge in [-0.2, -0.15) is 0 Å². The molecule has 3 nitrogen and oxygen atoms in total. The minimum absolute atomic E-state index is 0.758. The Balaban J connectivity index is 2.57. The summed E-state index contributed by atoms with van der Waals surface area (Å²) in [5.74, 6) is 0.862.